The molecular formula is C16H17BF2O2. The topological polar surface area (TPSA) is 18.5 Å². The number of hydrogen-bond acceptors (Lipinski definition) is 2. The van der Waals surface area contributed by atoms with Crippen molar-refractivity contribution in [2.45, 2.75) is 38.9 Å². The van der Waals surface area contributed by atoms with Crippen molar-refractivity contribution < 1.29 is 18.1 Å². The van der Waals surface area contributed by atoms with Crippen molar-refractivity contribution >= 4 is 23.4 Å². The lowest BCUT2D eigenvalue weighted by atomic mass is 9.76. The van der Waals surface area contributed by atoms with Crippen molar-refractivity contribution in [1.82, 2.24) is 0 Å². The van der Waals surface area contributed by atoms with E-state index in [2.05, 4.69) is 0 Å². The van der Waals surface area contributed by atoms with E-state index in [1.54, 1.807) is 24.3 Å². The van der Waals surface area contributed by atoms with Crippen LogP contribution < -0.4 is 5.46 Å². The van der Waals surface area contributed by atoms with E-state index in [-0.39, 0.29) is 5.39 Å². The molecule has 5 heteroatoms. The van der Waals surface area contributed by atoms with Gasteiger partial charge in [-0.25, -0.2) is 8.78 Å². The molecule has 3 rings (SSSR count). The number of benzene rings is 2. The van der Waals surface area contributed by atoms with Crippen LogP contribution in [0.4, 0.5) is 8.78 Å². The molecule has 21 heavy (non-hydrogen) atoms. The molecule has 0 atom stereocenters. The lowest BCUT2D eigenvalue weighted by Crippen LogP contribution is -2.41. The van der Waals surface area contributed by atoms with Gasteiger partial charge in [0.25, 0.3) is 0 Å². The second-order valence-electron chi connectivity index (χ2n) is 6.39. The molecule has 2 nitrogen and oxygen atoms in total. The minimum absolute atomic E-state index is 0.219. The monoisotopic (exact) mass is 290 g/mol. The van der Waals surface area contributed by atoms with Gasteiger partial charge in [-0.1, -0.05) is 24.3 Å². The summed E-state index contributed by atoms with van der Waals surface area (Å²) in [6.45, 7) is 7.70. The van der Waals surface area contributed by atoms with Crippen LogP contribution >= 0.6 is 0 Å². The average Bonchev–Trinajstić information content (AvgIpc) is 2.62. The largest absolute Gasteiger partial charge is 0.495 e. The van der Waals surface area contributed by atoms with Crippen molar-refractivity contribution in [2.75, 3.05) is 0 Å². The fourth-order valence-electron chi connectivity index (χ4n) is 2.50. The zero-order valence-corrected chi connectivity index (χ0v) is 12.5. The van der Waals surface area contributed by atoms with Crippen LogP contribution in [-0.4, -0.2) is 18.3 Å². The van der Waals surface area contributed by atoms with Gasteiger partial charge in [0.05, 0.1) is 11.2 Å². The molecule has 0 aromatic heterocycles. The Labute approximate surface area is 123 Å². The van der Waals surface area contributed by atoms with Crippen molar-refractivity contribution in [3.63, 3.8) is 0 Å². The standard InChI is InChI=1S/C16H17BF2O2/c1-15(2)16(3,4)21-17(20-15)11-7-5-6-10-8-9-12(18)14(19)13(10)11/h5-9H,1-4H3. The zero-order chi connectivity index (χ0) is 15.4. The quantitative estimate of drug-likeness (QED) is 0.749. The van der Waals surface area contributed by atoms with Gasteiger partial charge in [-0.2, -0.15) is 0 Å². The number of hydrogen-bond donors (Lipinski definition) is 0. The molecule has 1 aliphatic rings. The highest BCUT2D eigenvalue weighted by molar-refractivity contribution is 6.65. The van der Waals surface area contributed by atoms with Gasteiger partial charge in [0, 0.05) is 5.39 Å². The highest BCUT2D eigenvalue weighted by Gasteiger charge is 2.52. The third-order valence-corrected chi connectivity index (χ3v) is 4.47. The van der Waals surface area contributed by atoms with Gasteiger partial charge < -0.3 is 9.31 Å². The molecule has 0 bridgehead atoms. The van der Waals surface area contributed by atoms with E-state index >= 15 is 0 Å². The Morgan fingerprint density at radius 2 is 1.52 bits per heavy atom. The van der Waals surface area contributed by atoms with Crippen LogP contribution in [0.5, 0.6) is 0 Å². The van der Waals surface area contributed by atoms with Crippen LogP contribution in [0.3, 0.4) is 0 Å². The van der Waals surface area contributed by atoms with Crippen molar-refractivity contribution in [3.8, 4) is 0 Å². The summed E-state index contributed by atoms with van der Waals surface area (Å²) in [4.78, 5) is 0. The van der Waals surface area contributed by atoms with E-state index in [0.717, 1.165) is 6.07 Å². The second-order valence-corrected chi connectivity index (χ2v) is 6.39. The predicted molar refractivity (Wildman–Crippen MR) is 79.6 cm³/mol. The summed E-state index contributed by atoms with van der Waals surface area (Å²) >= 11 is 0. The normalized spacial score (nSPS) is 20.2. The lowest BCUT2D eigenvalue weighted by Gasteiger charge is -2.32. The van der Waals surface area contributed by atoms with Gasteiger partial charge in [-0.3, -0.25) is 0 Å². The van der Waals surface area contributed by atoms with Crippen LogP contribution in [0, 0.1) is 11.6 Å². The molecule has 1 fully saturated rings. The van der Waals surface area contributed by atoms with E-state index in [9.17, 15) is 8.78 Å². The van der Waals surface area contributed by atoms with Gasteiger partial charge >= 0.3 is 7.12 Å². The van der Waals surface area contributed by atoms with E-state index in [0.29, 0.717) is 10.8 Å². The van der Waals surface area contributed by atoms with E-state index in [1.165, 1.54) is 0 Å². The van der Waals surface area contributed by atoms with Crippen LogP contribution in [0.2, 0.25) is 0 Å². The Hall–Kier alpha value is -1.46. The summed E-state index contributed by atoms with van der Waals surface area (Å²) < 4.78 is 39.7. The Balaban J connectivity index is 2.17. The van der Waals surface area contributed by atoms with E-state index < -0.39 is 30.0 Å². The summed E-state index contributed by atoms with van der Waals surface area (Å²) in [7, 11) is -0.713. The molecule has 0 aliphatic carbocycles. The molecule has 0 unspecified atom stereocenters. The first-order valence-corrected chi connectivity index (χ1v) is 6.95. The molecule has 0 amide bonds. The summed E-state index contributed by atoms with van der Waals surface area (Å²) in [6.07, 6.45) is 0. The third kappa shape index (κ3) is 2.15. The van der Waals surface area contributed by atoms with Crippen molar-refractivity contribution in [3.05, 3.63) is 42.0 Å². The summed E-state index contributed by atoms with van der Waals surface area (Å²) in [5, 5.41) is 0.845. The van der Waals surface area contributed by atoms with Crippen LogP contribution in [0.25, 0.3) is 10.8 Å². The second kappa shape index (κ2) is 4.52. The third-order valence-electron chi connectivity index (χ3n) is 4.47. The highest BCUT2D eigenvalue weighted by atomic mass is 19.2. The number of halogens is 2. The summed E-state index contributed by atoms with van der Waals surface area (Å²) in [5.74, 6) is -1.73. The van der Waals surface area contributed by atoms with Gasteiger partial charge in [-0.15, -0.1) is 0 Å². The van der Waals surface area contributed by atoms with Gasteiger partial charge in [0.1, 0.15) is 0 Å². The Kier molecular flexibility index (Phi) is 3.12. The molecule has 0 saturated carbocycles. The van der Waals surface area contributed by atoms with Crippen molar-refractivity contribution in [1.29, 1.82) is 0 Å². The van der Waals surface area contributed by atoms with E-state index in [1.807, 2.05) is 27.7 Å². The maximum absolute atomic E-state index is 14.2. The molecule has 0 N–H and O–H groups in total. The molecule has 1 heterocycles. The molecule has 2 aromatic carbocycles. The minimum Gasteiger partial charge on any atom is -0.399 e. The van der Waals surface area contributed by atoms with E-state index in [4.69, 9.17) is 9.31 Å². The summed E-state index contributed by atoms with van der Waals surface area (Å²) in [5.41, 5.74) is -0.532. The first kappa shape index (κ1) is 14.5. The first-order valence-electron chi connectivity index (χ1n) is 6.95. The predicted octanol–water partition coefficient (Wildman–Crippen LogP) is 3.42. The molecule has 2 aromatic rings. The van der Waals surface area contributed by atoms with Crippen LogP contribution in [0.1, 0.15) is 27.7 Å². The Bertz CT molecular complexity index is 697. The van der Waals surface area contributed by atoms with Gasteiger partial charge in [-0.05, 0) is 44.6 Å². The molecule has 110 valence electrons. The van der Waals surface area contributed by atoms with Crippen LogP contribution in [-0.2, 0) is 9.31 Å². The Morgan fingerprint density at radius 3 is 2.14 bits per heavy atom. The molecule has 1 saturated heterocycles. The number of rotatable bonds is 1. The maximum Gasteiger partial charge on any atom is 0.495 e. The average molecular weight is 290 g/mol. The lowest BCUT2D eigenvalue weighted by molar-refractivity contribution is 0.00578. The summed E-state index contributed by atoms with van der Waals surface area (Å²) in [6, 6.07) is 7.94. The smallest absolute Gasteiger partial charge is 0.399 e. The Morgan fingerprint density at radius 1 is 0.905 bits per heavy atom. The van der Waals surface area contributed by atoms with Gasteiger partial charge in [0.2, 0.25) is 0 Å². The first-order chi connectivity index (χ1) is 9.73. The molecule has 0 spiro atoms. The molecule has 1 aliphatic heterocycles. The zero-order valence-electron chi connectivity index (χ0n) is 12.5. The van der Waals surface area contributed by atoms with Gasteiger partial charge in [0.15, 0.2) is 11.6 Å². The maximum atomic E-state index is 14.2. The minimum atomic E-state index is -0.869. The van der Waals surface area contributed by atoms with Crippen LogP contribution in [0.15, 0.2) is 30.3 Å². The SMILES string of the molecule is CC1(C)OB(c2cccc3ccc(F)c(F)c23)OC1(C)C. The molecule has 0 radical (unpaired) electrons. The highest BCUT2D eigenvalue weighted by Crippen LogP contribution is 2.37. The molecular weight excluding hydrogens is 273 g/mol. The number of fused-ring (bicyclic) bond motifs is 1. The van der Waals surface area contributed by atoms with Crippen molar-refractivity contribution in [2.24, 2.45) is 0 Å². The fourth-order valence-corrected chi connectivity index (χ4v) is 2.50. The fraction of sp³-hybridized carbons (Fsp3) is 0.375.